The summed E-state index contributed by atoms with van der Waals surface area (Å²) in [4.78, 5) is 11.9. The minimum Gasteiger partial charge on any atom is -0.354 e. The van der Waals surface area contributed by atoms with E-state index in [0.717, 1.165) is 12.0 Å². The highest BCUT2D eigenvalue weighted by Gasteiger charge is 2.16. The number of allylic oxidation sites excluding steroid dienone is 1. The van der Waals surface area contributed by atoms with Crippen LogP contribution in [0.3, 0.4) is 0 Å². The van der Waals surface area contributed by atoms with Crippen LogP contribution in [0, 0.1) is 0 Å². The zero-order chi connectivity index (χ0) is 13.5. The predicted octanol–water partition coefficient (Wildman–Crippen LogP) is 3.97. The zero-order valence-corrected chi connectivity index (χ0v) is 11.8. The third-order valence-corrected chi connectivity index (χ3v) is 3.90. The van der Waals surface area contributed by atoms with Gasteiger partial charge in [0.25, 0.3) is 0 Å². The van der Waals surface area contributed by atoms with Crippen LogP contribution in [-0.2, 0) is 4.79 Å². The Bertz CT molecular complexity index is 441. The number of alkyl halides is 1. The van der Waals surface area contributed by atoms with Crippen molar-refractivity contribution in [1.29, 1.82) is 0 Å². The molecule has 0 spiro atoms. The summed E-state index contributed by atoms with van der Waals surface area (Å²) in [5, 5.41) is 2.32. The second kappa shape index (κ2) is 7.34. The molecular formula is C16H20ClNO. The molecule has 1 aromatic carbocycles. The average molecular weight is 278 g/mol. The van der Waals surface area contributed by atoms with E-state index in [2.05, 4.69) is 11.4 Å². The number of hydrogen-bond acceptors (Lipinski definition) is 1. The zero-order valence-electron chi connectivity index (χ0n) is 11.1. The number of nitrogens with one attached hydrogen (secondary N) is 1. The Labute approximate surface area is 119 Å². The van der Waals surface area contributed by atoms with Crippen molar-refractivity contribution >= 4 is 17.5 Å². The molecule has 1 atom stereocenters. The van der Waals surface area contributed by atoms with Crippen LogP contribution in [0.25, 0.3) is 0 Å². The van der Waals surface area contributed by atoms with Gasteiger partial charge in [0.15, 0.2) is 0 Å². The van der Waals surface area contributed by atoms with E-state index in [1.807, 2.05) is 30.3 Å². The number of hydrogen-bond donors (Lipinski definition) is 1. The van der Waals surface area contributed by atoms with Gasteiger partial charge in [-0.25, -0.2) is 0 Å². The highest BCUT2D eigenvalue weighted by Crippen LogP contribution is 2.21. The van der Waals surface area contributed by atoms with Gasteiger partial charge in [0.2, 0.25) is 5.91 Å². The van der Waals surface area contributed by atoms with Gasteiger partial charge in [0.1, 0.15) is 5.38 Å². The van der Waals surface area contributed by atoms with E-state index in [4.69, 9.17) is 11.6 Å². The molecule has 2 rings (SSSR count). The molecule has 0 radical (unpaired) electrons. The second-order valence-electron chi connectivity index (χ2n) is 4.92. The van der Waals surface area contributed by atoms with Crippen LogP contribution in [0.1, 0.15) is 43.0 Å². The van der Waals surface area contributed by atoms with Crippen LogP contribution in [0.4, 0.5) is 0 Å². The van der Waals surface area contributed by atoms with Crippen LogP contribution in [0.5, 0.6) is 0 Å². The van der Waals surface area contributed by atoms with Gasteiger partial charge in [-0.1, -0.05) is 42.0 Å². The smallest absolute Gasteiger partial charge is 0.242 e. The summed E-state index contributed by atoms with van der Waals surface area (Å²) in [6, 6.07) is 9.46. The number of carbonyl (C=O) groups excluding carboxylic acids is 1. The topological polar surface area (TPSA) is 29.1 Å². The lowest BCUT2D eigenvalue weighted by Gasteiger charge is -2.14. The summed E-state index contributed by atoms with van der Waals surface area (Å²) in [7, 11) is 0. The minimum absolute atomic E-state index is 0.107. The number of rotatable bonds is 5. The number of benzene rings is 1. The van der Waals surface area contributed by atoms with Crippen molar-refractivity contribution in [3.8, 4) is 0 Å². The van der Waals surface area contributed by atoms with Gasteiger partial charge in [-0.05, 0) is 37.7 Å². The molecule has 0 saturated carbocycles. The summed E-state index contributed by atoms with van der Waals surface area (Å²) in [5.41, 5.74) is 2.32. The number of carbonyl (C=O) groups is 1. The van der Waals surface area contributed by atoms with Gasteiger partial charge >= 0.3 is 0 Å². The van der Waals surface area contributed by atoms with E-state index in [9.17, 15) is 4.79 Å². The molecule has 0 heterocycles. The maximum atomic E-state index is 11.9. The number of halogens is 1. The molecule has 0 bridgehead atoms. The third kappa shape index (κ3) is 4.39. The highest BCUT2D eigenvalue weighted by atomic mass is 35.5. The van der Waals surface area contributed by atoms with Gasteiger partial charge in [0, 0.05) is 6.54 Å². The molecule has 3 heteroatoms. The third-order valence-electron chi connectivity index (χ3n) is 3.45. The Hall–Kier alpha value is -1.28. The molecule has 2 nitrogen and oxygen atoms in total. The van der Waals surface area contributed by atoms with E-state index in [0.29, 0.717) is 6.54 Å². The molecule has 1 aliphatic rings. The van der Waals surface area contributed by atoms with Crippen LogP contribution in [0.2, 0.25) is 0 Å². The summed E-state index contributed by atoms with van der Waals surface area (Å²) < 4.78 is 0. The summed E-state index contributed by atoms with van der Waals surface area (Å²) in [5.74, 6) is -0.107. The molecule has 102 valence electrons. The standard InChI is InChI=1S/C16H20ClNO/c17-15(14-9-5-2-6-10-14)16(19)18-12-11-13-7-3-1-4-8-13/h2,5-7,9-10,15H,1,3-4,8,11-12H2,(H,18,19). The molecular weight excluding hydrogens is 258 g/mol. The maximum Gasteiger partial charge on any atom is 0.242 e. The van der Waals surface area contributed by atoms with Crippen molar-refractivity contribution in [3.05, 3.63) is 47.5 Å². The van der Waals surface area contributed by atoms with Crippen LogP contribution in [-0.4, -0.2) is 12.5 Å². The molecule has 19 heavy (non-hydrogen) atoms. The first-order chi connectivity index (χ1) is 9.27. The Balaban J connectivity index is 1.76. The Kier molecular flexibility index (Phi) is 5.46. The summed E-state index contributed by atoms with van der Waals surface area (Å²) in [6.07, 6.45) is 8.20. The molecule has 1 aromatic rings. The fraction of sp³-hybridized carbons (Fsp3) is 0.438. The lowest BCUT2D eigenvalue weighted by molar-refractivity contribution is -0.120. The van der Waals surface area contributed by atoms with Crippen molar-refractivity contribution < 1.29 is 4.79 Å². The second-order valence-corrected chi connectivity index (χ2v) is 5.36. The van der Waals surface area contributed by atoms with Gasteiger partial charge in [-0.15, -0.1) is 11.6 Å². The van der Waals surface area contributed by atoms with Crippen LogP contribution < -0.4 is 5.32 Å². The monoisotopic (exact) mass is 277 g/mol. The summed E-state index contributed by atoms with van der Waals surface area (Å²) in [6.45, 7) is 0.681. The summed E-state index contributed by atoms with van der Waals surface area (Å²) >= 11 is 6.15. The van der Waals surface area contributed by atoms with Gasteiger partial charge < -0.3 is 5.32 Å². The van der Waals surface area contributed by atoms with Crippen molar-refractivity contribution in [3.63, 3.8) is 0 Å². The largest absolute Gasteiger partial charge is 0.354 e. The molecule has 0 saturated heterocycles. The molecule has 0 fully saturated rings. The van der Waals surface area contributed by atoms with Crippen molar-refractivity contribution in [2.24, 2.45) is 0 Å². The number of amides is 1. The van der Waals surface area contributed by atoms with Crippen molar-refractivity contribution in [2.75, 3.05) is 6.54 Å². The first kappa shape index (κ1) is 14.1. The van der Waals surface area contributed by atoms with E-state index >= 15 is 0 Å². The molecule has 1 aliphatic carbocycles. The fourth-order valence-corrected chi connectivity index (χ4v) is 2.56. The van der Waals surface area contributed by atoms with Gasteiger partial charge in [0.05, 0.1) is 0 Å². The van der Waals surface area contributed by atoms with E-state index in [-0.39, 0.29) is 5.91 Å². The first-order valence-corrected chi connectivity index (χ1v) is 7.35. The molecule has 1 N–H and O–H groups in total. The Morgan fingerprint density at radius 2 is 2.05 bits per heavy atom. The quantitative estimate of drug-likeness (QED) is 0.640. The van der Waals surface area contributed by atoms with E-state index in [1.165, 1.54) is 31.3 Å². The molecule has 1 amide bonds. The fourth-order valence-electron chi connectivity index (χ4n) is 2.34. The maximum absolute atomic E-state index is 11.9. The van der Waals surface area contributed by atoms with Crippen molar-refractivity contribution in [2.45, 2.75) is 37.5 Å². The van der Waals surface area contributed by atoms with Gasteiger partial charge in [-0.2, -0.15) is 0 Å². The van der Waals surface area contributed by atoms with E-state index in [1.54, 1.807) is 0 Å². The highest BCUT2D eigenvalue weighted by molar-refractivity contribution is 6.30. The SMILES string of the molecule is O=C(NCCC1=CCCCC1)C(Cl)c1ccccc1. The lowest BCUT2D eigenvalue weighted by atomic mass is 9.97. The van der Waals surface area contributed by atoms with E-state index < -0.39 is 5.38 Å². The molecule has 0 aliphatic heterocycles. The predicted molar refractivity (Wildman–Crippen MR) is 79.2 cm³/mol. The normalized spacial score (nSPS) is 16.6. The van der Waals surface area contributed by atoms with Crippen LogP contribution >= 0.6 is 11.6 Å². The van der Waals surface area contributed by atoms with Gasteiger partial charge in [-0.3, -0.25) is 4.79 Å². The molecule has 0 aromatic heterocycles. The van der Waals surface area contributed by atoms with Crippen LogP contribution in [0.15, 0.2) is 42.0 Å². The first-order valence-electron chi connectivity index (χ1n) is 6.92. The Morgan fingerprint density at radius 3 is 2.74 bits per heavy atom. The lowest BCUT2D eigenvalue weighted by Crippen LogP contribution is -2.28. The Morgan fingerprint density at radius 1 is 1.26 bits per heavy atom. The molecule has 1 unspecified atom stereocenters. The van der Waals surface area contributed by atoms with Crippen molar-refractivity contribution in [1.82, 2.24) is 5.32 Å². The minimum atomic E-state index is -0.596. The average Bonchev–Trinajstić information content (AvgIpc) is 2.48.